The van der Waals surface area contributed by atoms with Gasteiger partial charge in [0.15, 0.2) is 11.9 Å². The van der Waals surface area contributed by atoms with Crippen molar-refractivity contribution in [1.82, 2.24) is 25.4 Å². The highest BCUT2D eigenvalue weighted by Gasteiger charge is 2.44. The number of likely N-dealkylation sites (N-methyl/N-ethyl adjacent to an activating group) is 1. The Morgan fingerprint density at radius 2 is 1.77 bits per heavy atom. The molecule has 14 heteroatoms. The lowest BCUT2D eigenvalue weighted by Gasteiger charge is -2.38. The molecule has 1 aromatic carbocycles. The summed E-state index contributed by atoms with van der Waals surface area (Å²) >= 11 is 1.16. The van der Waals surface area contributed by atoms with Gasteiger partial charge in [0.1, 0.15) is 10.7 Å². The number of thiazole rings is 1. The number of benzene rings is 1. The Morgan fingerprint density at radius 1 is 1.11 bits per heavy atom. The Morgan fingerprint density at radius 3 is 2.32 bits per heavy atom. The van der Waals surface area contributed by atoms with Crippen molar-refractivity contribution in [2.45, 2.75) is 110 Å². The van der Waals surface area contributed by atoms with E-state index in [9.17, 15) is 29.1 Å². The van der Waals surface area contributed by atoms with Gasteiger partial charge >= 0.3 is 12.1 Å². The number of carbonyl (C=O) groups excluding carboxylic acids is 4. The molecule has 7 atom stereocenters. The minimum absolute atomic E-state index is 0.0303. The molecule has 3 rings (SSSR count). The molecule has 0 unspecified atom stereocenters. The second kappa shape index (κ2) is 19.3. The zero-order valence-electron chi connectivity index (χ0n) is 32.8. The highest BCUT2D eigenvalue weighted by molar-refractivity contribution is 7.09. The number of aliphatic carboxylic acids is 1. The first-order chi connectivity index (χ1) is 24.9. The average molecular weight is 757 g/mol. The Labute approximate surface area is 318 Å². The number of hydrogen-bond acceptors (Lipinski definition) is 10. The number of hydrogen-bond donors (Lipinski definition) is 4. The zero-order valence-corrected chi connectivity index (χ0v) is 33.6. The number of ether oxygens (including phenoxy) is 1. The van der Waals surface area contributed by atoms with Crippen LogP contribution in [-0.2, 0) is 25.5 Å². The summed E-state index contributed by atoms with van der Waals surface area (Å²) < 4.78 is 5.82. The van der Waals surface area contributed by atoms with Gasteiger partial charge in [-0.15, -0.1) is 11.3 Å². The van der Waals surface area contributed by atoms with Crippen molar-refractivity contribution in [3.8, 4) is 0 Å². The van der Waals surface area contributed by atoms with E-state index >= 15 is 0 Å². The molecule has 53 heavy (non-hydrogen) atoms. The number of anilines is 1. The number of nitrogens with two attached hydrogens (primary N) is 1. The topological polar surface area (TPSA) is 184 Å². The monoisotopic (exact) mass is 756 g/mol. The van der Waals surface area contributed by atoms with Crippen LogP contribution < -0.4 is 16.4 Å². The maximum absolute atomic E-state index is 14.3. The number of likely N-dealkylation sites (tertiary alicyclic amines) is 1. The van der Waals surface area contributed by atoms with Gasteiger partial charge in [-0.3, -0.25) is 24.1 Å². The molecule has 1 aliphatic rings. The van der Waals surface area contributed by atoms with Gasteiger partial charge in [-0.1, -0.05) is 53.2 Å². The standard InChI is InChI=1S/C39H60N6O7S/c1-10-24(4)29(20-33(46)39(6)16-11-17-44(39)8)36(48)45(9)31(23(2)3)21-32(52-38(51)41-7)35-43-30(22-53-35)34(47)42-28(18-25(5)37(49)50)19-26-12-14-27(40)15-13-26/h12-15,22-25,28-29,31-32H,10-11,16-21,40H2,1-9H3,(H,41,51)(H,42,47)(H,49,50)/t24-,25-,28+,29-,31+,32+,39+/m0/s1. The number of carboxylic acid groups (broad SMARTS) is 1. The van der Waals surface area contributed by atoms with E-state index in [4.69, 9.17) is 10.5 Å². The van der Waals surface area contributed by atoms with E-state index in [1.807, 2.05) is 53.8 Å². The van der Waals surface area contributed by atoms with Gasteiger partial charge in [-0.05, 0) is 75.7 Å². The van der Waals surface area contributed by atoms with Crippen LogP contribution in [0.2, 0.25) is 0 Å². The molecule has 294 valence electrons. The highest BCUT2D eigenvalue weighted by Crippen LogP contribution is 2.35. The van der Waals surface area contributed by atoms with Crippen molar-refractivity contribution in [3.63, 3.8) is 0 Å². The number of amides is 3. The second-order valence-electron chi connectivity index (χ2n) is 15.2. The third-order valence-corrected chi connectivity index (χ3v) is 12.0. The van der Waals surface area contributed by atoms with Crippen LogP contribution in [0.4, 0.5) is 10.5 Å². The minimum atomic E-state index is -0.965. The first kappa shape index (κ1) is 43.4. The summed E-state index contributed by atoms with van der Waals surface area (Å²) in [5, 5.41) is 17.0. The maximum atomic E-state index is 14.3. The van der Waals surface area contributed by atoms with Crippen LogP contribution in [0.3, 0.4) is 0 Å². The lowest BCUT2D eigenvalue weighted by atomic mass is 9.80. The summed E-state index contributed by atoms with van der Waals surface area (Å²) in [6.45, 7) is 12.4. The molecule has 2 aromatic rings. The highest BCUT2D eigenvalue weighted by atomic mass is 32.1. The van der Waals surface area contributed by atoms with Crippen LogP contribution in [0, 0.1) is 23.7 Å². The lowest BCUT2D eigenvalue weighted by Crippen LogP contribution is -2.50. The Bertz CT molecular complexity index is 1570. The fourth-order valence-corrected chi connectivity index (χ4v) is 7.89. The molecule has 0 spiro atoms. The van der Waals surface area contributed by atoms with Gasteiger partial charge in [0, 0.05) is 56.0 Å². The van der Waals surface area contributed by atoms with Crippen molar-refractivity contribution in [1.29, 1.82) is 0 Å². The molecule has 5 N–H and O–H groups in total. The van der Waals surface area contributed by atoms with E-state index in [0.29, 0.717) is 17.1 Å². The van der Waals surface area contributed by atoms with Crippen LogP contribution in [-0.4, -0.2) is 94.9 Å². The second-order valence-corrected chi connectivity index (χ2v) is 16.1. The molecule has 1 fully saturated rings. The zero-order chi connectivity index (χ0) is 39.6. The van der Waals surface area contributed by atoms with Gasteiger partial charge in [-0.25, -0.2) is 9.78 Å². The van der Waals surface area contributed by atoms with Crippen molar-refractivity contribution < 1.29 is 33.8 Å². The van der Waals surface area contributed by atoms with Gasteiger partial charge in [0.2, 0.25) is 5.91 Å². The van der Waals surface area contributed by atoms with Crippen molar-refractivity contribution >= 4 is 46.7 Å². The summed E-state index contributed by atoms with van der Waals surface area (Å²) in [5.74, 6) is -2.81. The molecule has 0 bridgehead atoms. The number of alkyl carbamates (subject to hydrolysis) is 1. The Hall–Kier alpha value is -4.04. The van der Waals surface area contributed by atoms with E-state index in [2.05, 4.69) is 20.5 Å². The predicted molar refractivity (Wildman–Crippen MR) is 206 cm³/mol. The molecule has 1 aromatic heterocycles. The predicted octanol–water partition coefficient (Wildman–Crippen LogP) is 5.55. The van der Waals surface area contributed by atoms with Crippen molar-refractivity contribution in [3.05, 3.63) is 45.9 Å². The van der Waals surface area contributed by atoms with Crippen LogP contribution in [0.5, 0.6) is 0 Å². The molecule has 2 heterocycles. The SMILES string of the molecule is CC[C@H](C)[C@H](CC(=O)[C@@]1(C)CCCN1C)C(=O)N(C)[C@H](C[C@@H](OC(=O)NC)c1nc(C(=O)N[C@@H](Cc2ccc(N)cc2)C[C@H](C)C(=O)O)cs1)C(C)C. The van der Waals surface area contributed by atoms with Crippen molar-refractivity contribution in [2.24, 2.45) is 23.7 Å². The number of nitrogens with one attached hydrogen (secondary N) is 2. The fourth-order valence-electron chi connectivity index (χ4n) is 7.05. The number of carboxylic acids is 1. The van der Waals surface area contributed by atoms with E-state index in [1.165, 1.54) is 7.05 Å². The van der Waals surface area contributed by atoms with E-state index in [0.717, 1.165) is 42.7 Å². The lowest BCUT2D eigenvalue weighted by molar-refractivity contribution is -0.143. The van der Waals surface area contributed by atoms with Crippen LogP contribution in [0.15, 0.2) is 29.6 Å². The van der Waals surface area contributed by atoms with E-state index in [-0.39, 0.29) is 48.5 Å². The molecule has 0 radical (unpaired) electrons. The number of nitrogens with zero attached hydrogens (tertiary/aromatic N) is 3. The number of rotatable bonds is 19. The number of nitrogen functional groups attached to an aromatic ring is 1. The summed E-state index contributed by atoms with van der Waals surface area (Å²) in [4.78, 5) is 74.3. The number of Topliss-reactive ketones (excluding diaryl/α,β-unsaturated/α-hetero) is 1. The largest absolute Gasteiger partial charge is 0.481 e. The number of carbonyl (C=O) groups is 5. The average Bonchev–Trinajstić information content (AvgIpc) is 3.75. The molecule has 1 aliphatic heterocycles. The molecule has 3 amide bonds. The van der Waals surface area contributed by atoms with Gasteiger partial charge in [-0.2, -0.15) is 0 Å². The first-order valence-electron chi connectivity index (χ1n) is 18.6. The van der Waals surface area contributed by atoms with E-state index in [1.54, 1.807) is 36.4 Å². The summed E-state index contributed by atoms with van der Waals surface area (Å²) in [7, 11) is 5.16. The first-order valence-corrected chi connectivity index (χ1v) is 19.5. The third kappa shape index (κ3) is 11.5. The summed E-state index contributed by atoms with van der Waals surface area (Å²) in [6.07, 6.45) is 1.81. The Kier molecular flexibility index (Phi) is 15.8. The number of ketones is 1. The molecule has 0 aliphatic carbocycles. The van der Waals surface area contributed by atoms with Crippen LogP contribution in [0.1, 0.15) is 107 Å². The van der Waals surface area contributed by atoms with Crippen molar-refractivity contribution in [2.75, 3.05) is 33.4 Å². The molecular weight excluding hydrogens is 697 g/mol. The van der Waals surface area contributed by atoms with Crippen LogP contribution >= 0.6 is 11.3 Å². The quantitative estimate of drug-likeness (QED) is 0.133. The minimum Gasteiger partial charge on any atom is -0.481 e. The summed E-state index contributed by atoms with van der Waals surface area (Å²) in [6, 6.07) is 6.28. The normalized spacial score (nSPS) is 19.4. The number of aromatic nitrogens is 1. The fraction of sp³-hybridized carbons (Fsp3) is 0.641. The van der Waals surface area contributed by atoms with Gasteiger partial charge in [0.05, 0.1) is 11.5 Å². The smallest absolute Gasteiger partial charge is 0.407 e. The van der Waals surface area contributed by atoms with Gasteiger partial charge < -0.3 is 31.1 Å². The Balaban J connectivity index is 1.85. The molecule has 13 nitrogen and oxygen atoms in total. The molecule has 0 saturated carbocycles. The third-order valence-electron chi connectivity index (χ3n) is 11.1. The maximum Gasteiger partial charge on any atom is 0.407 e. The summed E-state index contributed by atoms with van der Waals surface area (Å²) in [5.41, 5.74) is 6.83. The van der Waals surface area contributed by atoms with E-state index < -0.39 is 53.5 Å². The molecular formula is C39H60N6O7S. The van der Waals surface area contributed by atoms with Crippen LogP contribution in [0.25, 0.3) is 0 Å². The molecule has 1 saturated heterocycles. The van der Waals surface area contributed by atoms with Gasteiger partial charge in [0.25, 0.3) is 5.91 Å².